The summed E-state index contributed by atoms with van der Waals surface area (Å²) in [6.07, 6.45) is 4.34. The third kappa shape index (κ3) is 5.12. The zero-order valence-electron chi connectivity index (χ0n) is 12.9. The van der Waals surface area contributed by atoms with Crippen molar-refractivity contribution in [2.24, 2.45) is 23.5 Å². The van der Waals surface area contributed by atoms with Gasteiger partial charge in [-0.2, -0.15) is 0 Å². The Balaban J connectivity index is 2.51. The summed E-state index contributed by atoms with van der Waals surface area (Å²) in [7, 11) is 1.36. The predicted molar refractivity (Wildman–Crippen MR) is 77.9 cm³/mol. The molecule has 0 bridgehead atoms. The molecule has 1 aliphatic rings. The molecule has 1 atom stereocenters. The molecule has 1 fully saturated rings. The molecule has 1 aliphatic carbocycles. The average molecular weight is 284 g/mol. The average Bonchev–Trinajstić information content (AvgIpc) is 2.45. The molecule has 1 saturated carbocycles. The lowest BCUT2D eigenvalue weighted by Crippen LogP contribution is -2.45. The maximum atomic E-state index is 12.3. The quantitative estimate of drug-likeness (QED) is 0.723. The second-order valence-electron chi connectivity index (χ2n) is 6.17. The van der Waals surface area contributed by atoms with Crippen molar-refractivity contribution in [3.63, 3.8) is 0 Å². The van der Waals surface area contributed by atoms with Crippen molar-refractivity contribution in [2.45, 2.75) is 52.0 Å². The van der Waals surface area contributed by atoms with Gasteiger partial charge < -0.3 is 15.8 Å². The lowest BCUT2D eigenvalue weighted by molar-refractivity contribution is -0.146. The molecule has 5 heteroatoms. The maximum absolute atomic E-state index is 12.3. The highest BCUT2D eigenvalue weighted by Gasteiger charge is 2.29. The fourth-order valence-corrected chi connectivity index (χ4v) is 2.78. The Labute approximate surface area is 121 Å². The number of hydrogen-bond donors (Lipinski definition) is 2. The summed E-state index contributed by atoms with van der Waals surface area (Å²) in [6.45, 7) is 4.75. The van der Waals surface area contributed by atoms with Crippen LogP contribution < -0.4 is 11.1 Å². The molecule has 0 aromatic carbocycles. The normalized spacial score (nSPS) is 24.2. The van der Waals surface area contributed by atoms with E-state index in [0.29, 0.717) is 24.8 Å². The summed E-state index contributed by atoms with van der Waals surface area (Å²) < 4.78 is 4.77. The fraction of sp³-hybridized carbons (Fsp3) is 0.867. The van der Waals surface area contributed by atoms with Crippen molar-refractivity contribution in [1.82, 2.24) is 5.32 Å². The van der Waals surface area contributed by atoms with E-state index in [4.69, 9.17) is 10.5 Å². The Hall–Kier alpha value is -1.10. The molecule has 0 saturated heterocycles. The SMILES string of the molecule is COC(=O)C(CC(C)C)NC(=O)C1CCC(CN)CC1. The minimum absolute atomic E-state index is 0.0112. The van der Waals surface area contributed by atoms with Crippen LogP contribution in [0.15, 0.2) is 0 Å². The molecule has 20 heavy (non-hydrogen) atoms. The number of carbonyl (C=O) groups excluding carboxylic acids is 2. The van der Waals surface area contributed by atoms with Gasteiger partial charge in [-0.3, -0.25) is 4.79 Å². The summed E-state index contributed by atoms with van der Waals surface area (Å²) in [5.74, 6) is 0.509. The molecule has 0 aromatic rings. The van der Waals surface area contributed by atoms with Crippen molar-refractivity contribution in [3.05, 3.63) is 0 Å². The molecule has 0 aromatic heterocycles. The van der Waals surface area contributed by atoms with Crippen molar-refractivity contribution in [2.75, 3.05) is 13.7 Å². The molecule has 1 rings (SSSR count). The van der Waals surface area contributed by atoms with E-state index in [1.165, 1.54) is 7.11 Å². The molecule has 116 valence electrons. The van der Waals surface area contributed by atoms with Crippen LogP contribution in [0.1, 0.15) is 46.0 Å². The van der Waals surface area contributed by atoms with E-state index < -0.39 is 6.04 Å². The van der Waals surface area contributed by atoms with Crippen LogP contribution in [-0.2, 0) is 14.3 Å². The van der Waals surface area contributed by atoms with E-state index in [1.807, 2.05) is 13.8 Å². The van der Waals surface area contributed by atoms with Gasteiger partial charge in [-0.15, -0.1) is 0 Å². The van der Waals surface area contributed by atoms with Gasteiger partial charge in [0, 0.05) is 5.92 Å². The van der Waals surface area contributed by atoms with Gasteiger partial charge in [0.15, 0.2) is 0 Å². The predicted octanol–water partition coefficient (Wildman–Crippen LogP) is 1.46. The lowest BCUT2D eigenvalue weighted by atomic mass is 9.81. The van der Waals surface area contributed by atoms with E-state index in [9.17, 15) is 9.59 Å². The molecule has 0 spiro atoms. The first-order chi connectivity index (χ1) is 9.47. The molecule has 1 amide bonds. The van der Waals surface area contributed by atoms with Gasteiger partial charge in [-0.05, 0) is 50.5 Å². The Kier molecular flexibility index (Phi) is 6.99. The minimum Gasteiger partial charge on any atom is -0.467 e. The number of esters is 1. The van der Waals surface area contributed by atoms with Crippen LogP contribution in [0.2, 0.25) is 0 Å². The third-order valence-electron chi connectivity index (χ3n) is 4.06. The maximum Gasteiger partial charge on any atom is 0.328 e. The highest BCUT2D eigenvalue weighted by Crippen LogP contribution is 2.28. The van der Waals surface area contributed by atoms with Crippen LogP contribution >= 0.6 is 0 Å². The number of rotatable bonds is 6. The van der Waals surface area contributed by atoms with Crippen LogP contribution in [0.3, 0.4) is 0 Å². The number of amides is 1. The van der Waals surface area contributed by atoms with Crippen LogP contribution in [0.4, 0.5) is 0 Å². The van der Waals surface area contributed by atoms with Gasteiger partial charge in [0.05, 0.1) is 7.11 Å². The fourth-order valence-electron chi connectivity index (χ4n) is 2.78. The molecule has 0 radical (unpaired) electrons. The first-order valence-corrected chi connectivity index (χ1v) is 7.56. The molecule has 1 unspecified atom stereocenters. The molecular formula is C15H28N2O3. The Morgan fingerprint density at radius 3 is 2.30 bits per heavy atom. The largest absolute Gasteiger partial charge is 0.467 e. The standard InChI is InChI=1S/C15H28N2O3/c1-10(2)8-13(15(19)20-3)17-14(18)12-6-4-11(9-16)5-7-12/h10-13H,4-9,16H2,1-3H3,(H,17,18). The van der Waals surface area contributed by atoms with E-state index in [2.05, 4.69) is 5.32 Å². The van der Waals surface area contributed by atoms with Gasteiger partial charge >= 0.3 is 5.97 Å². The number of ether oxygens (including phenoxy) is 1. The van der Waals surface area contributed by atoms with Gasteiger partial charge in [-0.25, -0.2) is 4.79 Å². The summed E-state index contributed by atoms with van der Waals surface area (Å²) in [5, 5.41) is 2.86. The summed E-state index contributed by atoms with van der Waals surface area (Å²) in [4.78, 5) is 24.0. The Morgan fingerprint density at radius 1 is 1.25 bits per heavy atom. The van der Waals surface area contributed by atoms with Crippen molar-refractivity contribution < 1.29 is 14.3 Å². The first kappa shape index (κ1) is 17.0. The molecule has 5 nitrogen and oxygen atoms in total. The molecule has 3 N–H and O–H groups in total. The summed E-state index contributed by atoms with van der Waals surface area (Å²) in [5.41, 5.74) is 5.66. The van der Waals surface area contributed by atoms with E-state index in [-0.39, 0.29) is 17.8 Å². The second-order valence-corrected chi connectivity index (χ2v) is 6.17. The van der Waals surface area contributed by atoms with Gasteiger partial charge in [0.1, 0.15) is 6.04 Å². The first-order valence-electron chi connectivity index (χ1n) is 7.56. The number of nitrogens with one attached hydrogen (secondary N) is 1. The monoisotopic (exact) mass is 284 g/mol. The van der Waals surface area contributed by atoms with E-state index in [1.54, 1.807) is 0 Å². The van der Waals surface area contributed by atoms with Crippen LogP contribution in [0.25, 0.3) is 0 Å². The Bertz CT molecular complexity index is 323. The second kappa shape index (κ2) is 8.25. The molecule has 0 aliphatic heterocycles. The van der Waals surface area contributed by atoms with Gasteiger partial charge in [-0.1, -0.05) is 13.8 Å². The van der Waals surface area contributed by atoms with E-state index in [0.717, 1.165) is 25.7 Å². The number of hydrogen-bond acceptors (Lipinski definition) is 4. The zero-order valence-corrected chi connectivity index (χ0v) is 12.9. The van der Waals surface area contributed by atoms with Gasteiger partial charge in [0.2, 0.25) is 5.91 Å². The van der Waals surface area contributed by atoms with Crippen LogP contribution in [0, 0.1) is 17.8 Å². The van der Waals surface area contributed by atoms with Crippen molar-refractivity contribution >= 4 is 11.9 Å². The topological polar surface area (TPSA) is 81.4 Å². The number of carbonyl (C=O) groups is 2. The molecule has 0 heterocycles. The summed E-state index contributed by atoms with van der Waals surface area (Å²) >= 11 is 0. The third-order valence-corrected chi connectivity index (χ3v) is 4.06. The Morgan fingerprint density at radius 2 is 1.85 bits per heavy atom. The van der Waals surface area contributed by atoms with Gasteiger partial charge in [0.25, 0.3) is 0 Å². The van der Waals surface area contributed by atoms with Crippen LogP contribution in [0.5, 0.6) is 0 Å². The molecular weight excluding hydrogens is 256 g/mol. The van der Waals surface area contributed by atoms with E-state index >= 15 is 0 Å². The van der Waals surface area contributed by atoms with Crippen LogP contribution in [-0.4, -0.2) is 31.6 Å². The highest BCUT2D eigenvalue weighted by molar-refractivity contribution is 5.85. The highest BCUT2D eigenvalue weighted by atomic mass is 16.5. The number of methoxy groups -OCH3 is 1. The van der Waals surface area contributed by atoms with Crippen molar-refractivity contribution in [3.8, 4) is 0 Å². The summed E-state index contributed by atoms with van der Waals surface area (Å²) in [6, 6.07) is -0.528. The minimum atomic E-state index is -0.528. The zero-order chi connectivity index (χ0) is 15.1. The van der Waals surface area contributed by atoms with Crippen molar-refractivity contribution in [1.29, 1.82) is 0 Å². The smallest absolute Gasteiger partial charge is 0.328 e. The lowest BCUT2D eigenvalue weighted by Gasteiger charge is -2.28. The number of nitrogens with two attached hydrogens (primary N) is 1.